The lowest BCUT2D eigenvalue weighted by Gasteiger charge is -2.26. The Labute approximate surface area is 101 Å². The Balaban J connectivity index is 2.41. The summed E-state index contributed by atoms with van der Waals surface area (Å²) in [4.78, 5) is 11.5. The first kappa shape index (κ1) is 13.7. The predicted molar refractivity (Wildman–Crippen MR) is 64.8 cm³/mol. The molecule has 17 heavy (non-hydrogen) atoms. The molecule has 1 rings (SSSR count). The van der Waals surface area contributed by atoms with Crippen LogP contribution in [0.15, 0.2) is 30.3 Å². The number of nitrogens with two attached hydrogens (primary N) is 1. The van der Waals surface area contributed by atoms with Crippen molar-refractivity contribution in [2.24, 2.45) is 11.1 Å². The normalized spacial score (nSPS) is 13.2. The second-order valence-corrected chi connectivity index (χ2v) is 4.76. The summed E-state index contributed by atoms with van der Waals surface area (Å²) in [5.74, 6) is -0.358. The Morgan fingerprint density at radius 1 is 1.41 bits per heavy atom. The lowest BCUT2D eigenvalue weighted by Crippen LogP contribution is -2.38. The van der Waals surface area contributed by atoms with Crippen LogP contribution in [0.5, 0.6) is 0 Å². The SMILES string of the molecule is CC(C)(CC(=O)OCc1ccccc1)C(N)O. The van der Waals surface area contributed by atoms with Crippen LogP contribution in [0.25, 0.3) is 0 Å². The van der Waals surface area contributed by atoms with Gasteiger partial charge in [0.25, 0.3) is 0 Å². The minimum Gasteiger partial charge on any atom is -0.461 e. The quantitative estimate of drug-likeness (QED) is 0.600. The highest BCUT2D eigenvalue weighted by molar-refractivity contribution is 5.70. The summed E-state index contributed by atoms with van der Waals surface area (Å²) in [6, 6.07) is 9.44. The monoisotopic (exact) mass is 237 g/mol. The summed E-state index contributed by atoms with van der Waals surface area (Å²) in [5.41, 5.74) is 5.64. The minimum absolute atomic E-state index is 0.0947. The summed E-state index contributed by atoms with van der Waals surface area (Å²) in [7, 11) is 0. The number of carbonyl (C=O) groups is 1. The smallest absolute Gasteiger partial charge is 0.306 e. The summed E-state index contributed by atoms with van der Waals surface area (Å²) < 4.78 is 5.11. The maximum atomic E-state index is 11.5. The first-order valence-electron chi connectivity index (χ1n) is 5.55. The van der Waals surface area contributed by atoms with E-state index in [1.165, 1.54) is 0 Å². The third kappa shape index (κ3) is 4.54. The molecule has 1 aromatic carbocycles. The van der Waals surface area contributed by atoms with Crippen molar-refractivity contribution < 1.29 is 14.6 Å². The van der Waals surface area contributed by atoms with E-state index < -0.39 is 11.6 Å². The molecule has 1 aromatic rings. The molecular weight excluding hydrogens is 218 g/mol. The van der Waals surface area contributed by atoms with Crippen LogP contribution in [0, 0.1) is 5.41 Å². The van der Waals surface area contributed by atoms with Crippen LogP contribution in [-0.4, -0.2) is 17.3 Å². The van der Waals surface area contributed by atoms with Gasteiger partial charge in [0.15, 0.2) is 0 Å². The highest BCUT2D eigenvalue weighted by atomic mass is 16.5. The van der Waals surface area contributed by atoms with Gasteiger partial charge in [0.2, 0.25) is 0 Å². The zero-order valence-corrected chi connectivity index (χ0v) is 10.2. The molecule has 1 unspecified atom stereocenters. The number of ether oxygens (including phenoxy) is 1. The number of hydrogen-bond donors (Lipinski definition) is 2. The van der Waals surface area contributed by atoms with E-state index in [4.69, 9.17) is 10.5 Å². The molecule has 0 saturated carbocycles. The molecule has 0 aliphatic carbocycles. The fraction of sp³-hybridized carbons (Fsp3) is 0.462. The second-order valence-electron chi connectivity index (χ2n) is 4.76. The van der Waals surface area contributed by atoms with E-state index in [2.05, 4.69) is 0 Å². The van der Waals surface area contributed by atoms with E-state index in [0.717, 1.165) is 5.56 Å². The third-order valence-electron chi connectivity index (χ3n) is 2.64. The Hall–Kier alpha value is -1.39. The van der Waals surface area contributed by atoms with Gasteiger partial charge >= 0.3 is 5.97 Å². The molecule has 0 radical (unpaired) electrons. The molecule has 3 N–H and O–H groups in total. The molecule has 0 saturated heterocycles. The van der Waals surface area contributed by atoms with Crippen LogP contribution < -0.4 is 5.73 Å². The maximum absolute atomic E-state index is 11.5. The molecule has 1 atom stereocenters. The van der Waals surface area contributed by atoms with Gasteiger partial charge in [-0.3, -0.25) is 4.79 Å². The van der Waals surface area contributed by atoms with Crippen molar-refractivity contribution in [1.29, 1.82) is 0 Å². The van der Waals surface area contributed by atoms with Crippen LogP contribution in [0.2, 0.25) is 0 Å². The predicted octanol–water partition coefficient (Wildman–Crippen LogP) is 1.42. The van der Waals surface area contributed by atoms with Crippen molar-refractivity contribution >= 4 is 5.97 Å². The van der Waals surface area contributed by atoms with Crippen molar-refractivity contribution in [3.05, 3.63) is 35.9 Å². The molecule has 0 amide bonds. The van der Waals surface area contributed by atoms with Crippen LogP contribution in [0.3, 0.4) is 0 Å². The number of aliphatic hydroxyl groups is 1. The average Bonchev–Trinajstić information content (AvgIpc) is 2.27. The summed E-state index contributed by atoms with van der Waals surface area (Å²) in [6.45, 7) is 3.69. The Morgan fingerprint density at radius 2 is 2.00 bits per heavy atom. The molecule has 0 aliphatic rings. The molecule has 0 bridgehead atoms. The molecule has 0 aliphatic heterocycles. The van der Waals surface area contributed by atoms with Crippen LogP contribution in [-0.2, 0) is 16.1 Å². The third-order valence-corrected chi connectivity index (χ3v) is 2.64. The fourth-order valence-electron chi connectivity index (χ4n) is 1.27. The lowest BCUT2D eigenvalue weighted by molar-refractivity contribution is -0.149. The lowest BCUT2D eigenvalue weighted by atomic mass is 9.88. The van der Waals surface area contributed by atoms with Crippen molar-refractivity contribution in [2.75, 3.05) is 0 Å². The minimum atomic E-state index is -1.04. The van der Waals surface area contributed by atoms with Gasteiger partial charge in [-0.25, -0.2) is 0 Å². The van der Waals surface area contributed by atoms with E-state index in [0.29, 0.717) is 0 Å². The molecule has 4 heteroatoms. The number of hydrogen-bond acceptors (Lipinski definition) is 4. The Morgan fingerprint density at radius 3 is 2.53 bits per heavy atom. The van der Waals surface area contributed by atoms with Crippen LogP contribution in [0.4, 0.5) is 0 Å². The van der Waals surface area contributed by atoms with Gasteiger partial charge < -0.3 is 15.6 Å². The maximum Gasteiger partial charge on any atom is 0.306 e. The van der Waals surface area contributed by atoms with E-state index in [-0.39, 0.29) is 19.0 Å². The number of esters is 1. The molecule has 0 fully saturated rings. The Bertz CT molecular complexity index is 360. The van der Waals surface area contributed by atoms with Gasteiger partial charge in [-0.2, -0.15) is 0 Å². The van der Waals surface area contributed by atoms with Crippen molar-refractivity contribution in [2.45, 2.75) is 33.1 Å². The van der Waals surface area contributed by atoms with E-state index in [1.807, 2.05) is 30.3 Å². The Kier molecular flexibility index (Phi) is 4.66. The molecule has 0 spiro atoms. The van der Waals surface area contributed by atoms with Gasteiger partial charge in [0.05, 0.1) is 6.42 Å². The van der Waals surface area contributed by atoms with Crippen molar-refractivity contribution in [3.8, 4) is 0 Å². The van der Waals surface area contributed by atoms with E-state index in [9.17, 15) is 9.90 Å². The van der Waals surface area contributed by atoms with Gasteiger partial charge in [-0.05, 0) is 5.56 Å². The molecule has 4 nitrogen and oxygen atoms in total. The highest BCUT2D eigenvalue weighted by Gasteiger charge is 2.28. The standard InChI is InChI=1S/C13H19NO3/c1-13(2,12(14)16)8-11(15)17-9-10-6-4-3-5-7-10/h3-7,12,16H,8-9,14H2,1-2H3. The summed E-state index contributed by atoms with van der Waals surface area (Å²) in [6.07, 6.45) is -0.941. The zero-order chi connectivity index (χ0) is 12.9. The summed E-state index contributed by atoms with van der Waals surface area (Å²) >= 11 is 0. The number of rotatable bonds is 5. The molecule has 0 heterocycles. The largest absolute Gasteiger partial charge is 0.461 e. The molecule has 0 aromatic heterocycles. The van der Waals surface area contributed by atoms with Crippen molar-refractivity contribution in [3.63, 3.8) is 0 Å². The second kappa shape index (κ2) is 5.80. The van der Waals surface area contributed by atoms with Gasteiger partial charge in [0, 0.05) is 5.41 Å². The topological polar surface area (TPSA) is 72.5 Å². The van der Waals surface area contributed by atoms with Gasteiger partial charge in [0.1, 0.15) is 12.8 Å². The van der Waals surface area contributed by atoms with Gasteiger partial charge in [-0.1, -0.05) is 44.2 Å². The van der Waals surface area contributed by atoms with Crippen molar-refractivity contribution in [1.82, 2.24) is 0 Å². The summed E-state index contributed by atoms with van der Waals surface area (Å²) in [5, 5.41) is 9.28. The molecular formula is C13H19NO3. The fourth-order valence-corrected chi connectivity index (χ4v) is 1.27. The number of benzene rings is 1. The van der Waals surface area contributed by atoms with Crippen LogP contribution in [0.1, 0.15) is 25.8 Å². The van der Waals surface area contributed by atoms with Crippen LogP contribution >= 0.6 is 0 Å². The zero-order valence-electron chi connectivity index (χ0n) is 10.2. The molecule has 94 valence electrons. The average molecular weight is 237 g/mol. The number of carbonyl (C=O) groups excluding carboxylic acids is 1. The number of aliphatic hydroxyl groups excluding tert-OH is 1. The first-order valence-corrected chi connectivity index (χ1v) is 5.55. The van der Waals surface area contributed by atoms with E-state index >= 15 is 0 Å². The first-order chi connectivity index (χ1) is 7.92. The highest BCUT2D eigenvalue weighted by Crippen LogP contribution is 2.23. The van der Waals surface area contributed by atoms with E-state index in [1.54, 1.807) is 13.8 Å². The van der Waals surface area contributed by atoms with Gasteiger partial charge in [-0.15, -0.1) is 0 Å².